The molecule has 0 fully saturated rings. The van der Waals surface area contributed by atoms with Gasteiger partial charge in [-0.2, -0.15) is 0 Å². The summed E-state index contributed by atoms with van der Waals surface area (Å²) in [5.41, 5.74) is 0.345. The SMILES string of the molecule is CCC(C)CC(C)NC(=O)c1cc(I)ccc1O. The third kappa shape index (κ3) is 4.48. The Labute approximate surface area is 122 Å². The van der Waals surface area contributed by atoms with Crippen LogP contribution in [0.15, 0.2) is 18.2 Å². The molecule has 0 saturated heterocycles. The molecule has 3 nitrogen and oxygen atoms in total. The number of nitrogens with one attached hydrogen (secondary N) is 1. The molecule has 0 radical (unpaired) electrons. The number of hydrogen-bond acceptors (Lipinski definition) is 2. The maximum atomic E-state index is 12.0. The van der Waals surface area contributed by atoms with Crippen molar-refractivity contribution in [1.29, 1.82) is 0 Å². The highest BCUT2D eigenvalue weighted by Gasteiger charge is 2.15. The number of amides is 1. The van der Waals surface area contributed by atoms with Crippen molar-refractivity contribution < 1.29 is 9.90 Å². The van der Waals surface area contributed by atoms with Crippen molar-refractivity contribution in [2.24, 2.45) is 5.92 Å². The molecule has 2 atom stereocenters. The highest BCUT2D eigenvalue weighted by Crippen LogP contribution is 2.20. The molecule has 2 N–H and O–H groups in total. The van der Waals surface area contributed by atoms with Crippen LogP contribution >= 0.6 is 22.6 Å². The van der Waals surface area contributed by atoms with E-state index in [9.17, 15) is 9.90 Å². The second-order valence-corrected chi connectivity index (χ2v) is 6.03. The normalized spacial score (nSPS) is 14.0. The summed E-state index contributed by atoms with van der Waals surface area (Å²) in [6.45, 7) is 6.31. The van der Waals surface area contributed by atoms with Crippen LogP contribution in [0.2, 0.25) is 0 Å². The molecule has 18 heavy (non-hydrogen) atoms. The zero-order valence-electron chi connectivity index (χ0n) is 11.0. The Morgan fingerprint density at radius 2 is 2.11 bits per heavy atom. The van der Waals surface area contributed by atoms with Crippen LogP contribution in [-0.4, -0.2) is 17.1 Å². The quantitative estimate of drug-likeness (QED) is 0.788. The molecule has 0 spiro atoms. The molecule has 0 aliphatic rings. The van der Waals surface area contributed by atoms with Gasteiger partial charge in [0, 0.05) is 9.61 Å². The summed E-state index contributed by atoms with van der Waals surface area (Å²) < 4.78 is 0.935. The van der Waals surface area contributed by atoms with Crippen LogP contribution in [0.1, 0.15) is 44.0 Å². The maximum absolute atomic E-state index is 12.0. The van der Waals surface area contributed by atoms with E-state index in [-0.39, 0.29) is 17.7 Å². The fourth-order valence-corrected chi connectivity index (χ4v) is 2.31. The molecule has 1 amide bonds. The number of carbonyl (C=O) groups excluding carboxylic acids is 1. The molecular weight excluding hydrogens is 341 g/mol. The van der Waals surface area contributed by atoms with E-state index >= 15 is 0 Å². The van der Waals surface area contributed by atoms with Gasteiger partial charge in [0.25, 0.3) is 5.91 Å². The zero-order chi connectivity index (χ0) is 13.7. The third-order valence-electron chi connectivity index (χ3n) is 3.03. The number of rotatable bonds is 5. The van der Waals surface area contributed by atoms with Crippen LogP contribution in [0.4, 0.5) is 0 Å². The minimum atomic E-state index is -0.207. The zero-order valence-corrected chi connectivity index (χ0v) is 13.2. The van der Waals surface area contributed by atoms with Crippen LogP contribution in [0, 0.1) is 9.49 Å². The summed E-state index contributed by atoms with van der Waals surface area (Å²) in [6.07, 6.45) is 2.06. The predicted molar refractivity (Wildman–Crippen MR) is 81.8 cm³/mol. The molecule has 0 saturated carbocycles. The van der Waals surface area contributed by atoms with Crippen molar-refractivity contribution in [2.45, 2.75) is 39.7 Å². The Balaban J connectivity index is 2.67. The third-order valence-corrected chi connectivity index (χ3v) is 3.70. The average Bonchev–Trinajstić information content (AvgIpc) is 2.31. The van der Waals surface area contributed by atoms with E-state index in [1.807, 2.05) is 6.92 Å². The first-order valence-corrected chi connectivity index (χ1v) is 7.31. The van der Waals surface area contributed by atoms with Gasteiger partial charge in [-0.1, -0.05) is 20.3 Å². The van der Waals surface area contributed by atoms with Gasteiger partial charge in [-0.3, -0.25) is 4.79 Å². The molecule has 1 aromatic rings. The summed E-state index contributed by atoms with van der Waals surface area (Å²) in [5, 5.41) is 12.6. The number of benzene rings is 1. The Hall–Kier alpha value is -0.780. The van der Waals surface area contributed by atoms with E-state index in [4.69, 9.17) is 0 Å². The van der Waals surface area contributed by atoms with E-state index < -0.39 is 0 Å². The number of phenolic OH excluding ortho intramolecular Hbond substituents is 1. The number of hydrogen-bond donors (Lipinski definition) is 2. The average molecular weight is 361 g/mol. The van der Waals surface area contributed by atoms with E-state index in [1.165, 1.54) is 0 Å². The first kappa shape index (κ1) is 15.3. The predicted octanol–water partition coefficient (Wildman–Crippen LogP) is 3.55. The van der Waals surface area contributed by atoms with E-state index in [1.54, 1.807) is 18.2 Å². The Morgan fingerprint density at radius 1 is 1.44 bits per heavy atom. The summed E-state index contributed by atoms with van der Waals surface area (Å²) >= 11 is 2.12. The Morgan fingerprint density at radius 3 is 2.72 bits per heavy atom. The molecule has 0 aromatic heterocycles. The molecule has 0 aliphatic heterocycles. The van der Waals surface area contributed by atoms with Gasteiger partial charge in [0.05, 0.1) is 5.56 Å². The summed E-state index contributed by atoms with van der Waals surface area (Å²) in [7, 11) is 0. The van der Waals surface area contributed by atoms with Crippen molar-refractivity contribution >= 4 is 28.5 Å². The second-order valence-electron chi connectivity index (χ2n) is 4.79. The number of halogens is 1. The smallest absolute Gasteiger partial charge is 0.255 e. The molecule has 1 aromatic carbocycles. The van der Waals surface area contributed by atoms with Crippen molar-refractivity contribution in [3.8, 4) is 5.75 Å². The standard InChI is InChI=1S/C14H20INO2/c1-4-9(2)7-10(3)16-14(18)12-8-11(15)5-6-13(12)17/h5-6,8-10,17H,4,7H2,1-3H3,(H,16,18). The second kappa shape index (κ2) is 6.97. The lowest BCUT2D eigenvalue weighted by molar-refractivity contribution is 0.0932. The van der Waals surface area contributed by atoms with Crippen molar-refractivity contribution in [3.05, 3.63) is 27.3 Å². The Kier molecular flexibility index (Phi) is 5.91. The molecule has 100 valence electrons. The number of carbonyl (C=O) groups is 1. The van der Waals surface area contributed by atoms with E-state index in [0.717, 1.165) is 16.4 Å². The van der Waals surface area contributed by atoms with Gasteiger partial charge in [0.2, 0.25) is 0 Å². The minimum absolute atomic E-state index is 0.0312. The monoisotopic (exact) mass is 361 g/mol. The molecule has 2 unspecified atom stereocenters. The number of aromatic hydroxyl groups is 1. The first-order valence-electron chi connectivity index (χ1n) is 6.23. The molecule has 0 bridgehead atoms. The molecule has 1 rings (SSSR count). The van der Waals surface area contributed by atoms with Crippen molar-refractivity contribution in [1.82, 2.24) is 5.32 Å². The van der Waals surface area contributed by atoms with Crippen LogP contribution in [-0.2, 0) is 0 Å². The van der Waals surface area contributed by atoms with Crippen LogP contribution in [0.3, 0.4) is 0 Å². The van der Waals surface area contributed by atoms with Gasteiger partial charge in [0.15, 0.2) is 0 Å². The van der Waals surface area contributed by atoms with Gasteiger partial charge in [0.1, 0.15) is 5.75 Å². The van der Waals surface area contributed by atoms with Gasteiger partial charge in [-0.05, 0) is 60.1 Å². The highest BCUT2D eigenvalue weighted by molar-refractivity contribution is 14.1. The summed E-state index contributed by atoms with van der Waals surface area (Å²) in [6, 6.07) is 5.14. The molecular formula is C14H20INO2. The molecule has 0 heterocycles. The van der Waals surface area contributed by atoms with Gasteiger partial charge >= 0.3 is 0 Å². The Bertz CT molecular complexity index is 420. The van der Waals surface area contributed by atoms with Gasteiger partial charge in [-0.15, -0.1) is 0 Å². The minimum Gasteiger partial charge on any atom is -0.507 e. The van der Waals surface area contributed by atoms with E-state index in [0.29, 0.717) is 11.5 Å². The lowest BCUT2D eigenvalue weighted by Crippen LogP contribution is -2.33. The van der Waals surface area contributed by atoms with Crippen LogP contribution in [0.5, 0.6) is 5.75 Å². The van der Waals surface area contributed by atoms with Crippen LogP contribution in [0.25, 0.3) is 0 Å². The molecule has 0 aliphatic carbocycles. The lowest BCUT2D eigenvalue weighted by atomic mass is 10.00. The van der Waals surface area contributed by atoms with Gasteiger partial charge < -0.3 is 10.4 Å². The lowest BCUT2D eigenvalue weighted by Gasteiger charge is -2.18. The first-order chi connectivity index (χ1) is 8.43. The molecule has 4 heteroatoms. The fourth-order valence-electron chi connectivity index (χ4n) is 1.82. The maximum Gasteiger partial charge on any atom is 0.255 e. The summed E-state index contributed by atoms with van der Waals surface area (Å²) in [5.74, 6) is 0.412. The highest BCUT2D eigenvalue weighted by atomic mass is 127. The number of phenols is 1. The van der Waals surface area contributed by atoms with Crippen LogP contribution < -0.4 is 5.32 Å². The van der Waals surface area contributed by atoms with E-state index in [2.05, 4.69) is 41.8 Å². The fraction of sp³-hybridized carbons (Fsp3) is 0.500. The topological polar surface area (TPSA) is 49.3 Å². The largest absolute Gasteiger partial charge is 0.507 e. The van der Waals surface area contributed by atoms with Crippen molar-refractivity contribution in [2.75, 3.05) is 0 Å². The van der Waals surface area contributed by atoms with Gasteiger partial charge in [-0.25, -0.2) is 0 Å². The van der Waals surface area contributed by atoms with Crippen molar-refractivity contribution in [3.63, 3.8) is 0 Å². The summed E-state index contributed by atoms with van der Waals surface area (Å²) in [4.78, 5) is 12.0.